The lowest BCUT2D eigenvalue weighted by molar-refractivity contribution is -0.142. The first-order valence-electron chi connectivity index (χ1n) is 11.5. The fourth-order valence-electron chi connectivity index (χ4n) is 3.68. The Balaban J connectivity index is 2.23. The van der Waals surface area contributed by atoms with Gasteiger partial charge in [0.05, 0.1) is 7.11 Å². The number of hydrogen-bond donors (Lipinski definition) is 1. The topological polar surface area (TPSA) is 58.6 Å². The number of ether oxygens (including phenoxy) is 1. The number of nitrogens with one attached hydrogen (secondary N) is 1. The van der Waals surface area contributed by atoms with Crippen LogP contribution in [0.3, 0.4) is 0 Å². The Morgan fingerprint density at radius 2 is 1.66 bits per heavy atom. The third-order valence-electron chi connectivity index (χ3n) is 5.43. The van der Waals surface area contributed by atoms with Crippen LogP contribution in [0.2, 0.25) is 0 Å². The first kappa shape index (κ1) is 25.4. The Labute approximate surface area is 193 Å². The quantitative estimate of drug-likeness (QED) is 0.573. The number of carbonyl (C=O) groups excluding carboxylic acids is 2. The molecule has 0 saturated heterocycles. The van der Waals surface area contributed by atoms with Crippen LogP contribution in [0.25, 0.3) is 0 Å². The summed E-state index contributed by atoms with van der Waals surface area (Å²) >= 11 is 0. The zero-order chi connectivity index (χ0) is 23.7. The minimum atomic E-state index is -0.532. The molecule has 0 radical (unpaired) electrons. The lowest BCUT2D eigenvalue weighted by Crippen LogP contribution is -2.53. The zero-order valence-electron chi connectivity index (χ0n) is 20.4. The van der Waals surface area contributed by atoms with Crippen LogP contribution in [0.1, 0.15) is 64.2 Å². The van der Waals surface area contributed by atoms with Crippen LogP contribution < -0.4 is 10.1 Å². The predicted molar refractivity (Wildman–Crippen MR) is 130 cm³/mol. The molecule has 0 heterocycles. The first-order valence-corrected chi connectivity index (χ1v) is 11.5. The monoisotopic (exact) mass is 438 g/mol. The molecule has 2 aromatic rings. The van der Waals surface area contributed by atoms with Crippen molar-refractivity contribution in [3.05, 3.63) is 65.2 Å². The molecule has 2 aromatic carbocycles. The Morgan fingerprint density at radius 3 is 2.22 bits per heavy atom. The number of amides is 2. The first-order chi connectivity index (χ1) is 15.2. The number of rotatable bonds is 10. The molecule has 1 atom stereocenters. The van der Waals surface area contributed by atoms with Gasteiger partial charge in [0.15, 0.2) is 0 Å². The maximum absolute atomic E-state index is 13.4. The second kappa shape index (κ2) is 11.7. The van der Waals surface area contributed by atoms with Crippen LogP contribution in [-0.4, -0.2) is 35.4 Å². The van der Waals surface area contributed by atoms with E-state index < -0.39 is 6.04 Å². The van der Waals surface area contributed by atoms with Crippen LogP contribution in [0.15, 0.2) is 48.5 Å². The number of benzene rings is 2. The molecular formula is C27H38N2O3. The summed E-state index contributed by atoms with van der Waals surface area (Å²) in [6.45, 7) is 10.3. The fraction of sp³-hybridized carbons (Fsp3) is 0.481. The van der Waals surface area contributed by atoms with E-state index in [0.717, 1.165) is 23.3 Å². The minimum Gasteiger partial charge on any atom is -0.497 e. The van der Waals surface area contributed by atoms with Crippen molar-refractivity contribution in [2.24, 2.45) is 0 Å². The molecule has 1 N–H and O–H groups in total. The van der Waals surface area contributed by atoms with Crippen molar-refractivity contribution >= 4 is 11.8 Å². The van der Waals surface area contributed by atoms with Crippen molar-refractivity contribution in [1.29, 1.82) is 0 Å². The Hall–Kier alpha value is -2.82. The van der Waals surface area contributed by atoms with Crippen molar-refractivity contribution in [1.82, 2.24) is 10.2 Å². The molecule has 174 valence electrons. The van der Waals surface area contributed by atoms with Gasteiger partial charge in [0.25, 0.3) is 0 Å². The third-order valence-corrected chi connectivity index (χ3v) is 5.43. The Morgan fingerprint density at radius 1 is 1.00 bits per heavy atom. The van der Waals surface area contributed by atoms with Crippen LogP contribution in [0, 0.1) is 0 Å². The third kappa shape index (κ3) is 7.70. The van der Waals surface area contributed by atoms with E-state index in [2.05, 4.69) is 36.5 Å². The molecular weight excluding hydrogens is 400 g/mol. The molecule has 5 heteroatoms. The van der Waals surface area contributed by atoms with Gasteiger partial charge in [0.1, 0.15) is 11.8 Å². The number of nitrogens with zero attached hydrogens (tertiary/aromatic N) is 1. The standard InChI is InChI=1S/C27H38N2O3/c1-7-20-12-14-21(15-13-20)16-17-25(30)29(19-22-10-9-11-23(18-22)32-6)24(8-2)26(31)28-27(3,4)5/h9-15,18,24H,7-8,16-17,19H2,1-6H3,(H,28,31)/t24-/m1/s1. The number of methoxy groups -OCH3 is 1. The molecule has 0 aliphatic carbocycles. The number of aryl methyl sites for hydroxylation is 2. The highest BCUT2D eigenvalue weighted by atomic mass is 16.5. The highest BCUT2D eigenvalue weighted by Gasteiger charge is 2.30. The summed E-state index contributed by atoms with van der Waals surface area (Å²) in [4.78, 5) is 28.2. The minimum absolute atomic E-state index is 0.0247. The van der Waals surface area contributed by atoms with Crippen molar-refractivity contribution in [2.75, 3.05) is 7.11 Å². The molecule has 0 saturated carbocycles. The molecule has 0 unspecified atom stereocenters. The molecule has 5 nitrogen and oxygen atoms in total. The van der Waals surface area contributed by atoms with Gasteiger partial charge in [-0.25, -0.2) is 0 Å². The van der Waals surface area contributed by atoms with Crippen molar-refractivity contribution < 1.29 is 14.3 Å². The normalized spacial score (nSPS) is 12.2. The molecule has 0 aromatic heterocycles. The lowest BCUT2D eigenvalue weighted by Gasteiger charge is -2.33. The molecule has 2 amide bonds. The average Bonchev–Trinajstić information content (AvgIpc) is 2.76. The molecule has 0 spiro atoms. The second-order valence-corrected chi connectivity index (χ2v) is 9.21. The van der Waals surface area contributed by atoms with Gasteiger partial charge in [-0.3, -0.25) is 9.59 Å². The smallest absolute Gasteiger partial charge is 0.243 e. The summed E-state index contributed by atoms with van der Waals surface area (Å²) in [7, 11) is 1.62. The largest absolute Gasteiger partial charge is 0.497 e. The van der Waals surface area contributed by atoms with E-state index in [-0.39, 0.29) is 17.4 Å². The molecule has 0 fully saturated rings. The maximum Gasteiger partial charge on any atom is 0.243 e. The van der Waals surface area contributed by atoms with E-state index >= 15 is 0 Å². The van der Waals surface area contributed by atoms with Gasteiger partial charge in [-0.15, -0.1) is 0 Å². The fourth-order valence-corrected chi connectivity index (χ4v) is 3.68. The summed E-state index contributed by atoms with van der Waals surface area (Å²) in [6.07, 6.45) is 2.54. The SMILES string of the molecule is CCc1ccc(CCC(=O)N(Cc2cccc(OC)c2)[C@H](CC)C(=O)NC(C)(C)C)cc1. The summed E-state index contributed by atoms with van der Waals surface area (Å²) < 4.78 is 5.34. The lowest BCUT2D eigenvalue weighted by atomic mass is 10.0. The molecule has 0 bridgehead atoms. The van der Waals surface area contributed by atoms with E-state index in [1.807, 2.05) is 52.0 Å². The number of hydrogen-bond acceptors (Lipinski definition) is 3. The molecule has 32 heavy (non-hydrogen) atoms. The predicted octanol–water partition coefficient (Wildman–Crippen LogP) is 4.91. The highest BCUT2D eigenvalue weighted by molar-refractivity contribution is 5.88. The second-order valence-electron chi connectivity index (χ2n) is 9.21. The summed E-state index contributed by atoms with van der Waals surface area (Å²) in [5, 5.41) is 3.04. The summed E-state index contributed by atoms with van der Waals surface area (Å²) in [5.74, 6) is 0.588. The van der Waals surface area contributed by atoms with Crippen LogP contribution >= 0.6 is 0 Å². The van der Waals surface area contributed by atoms with E-state index in [0.29, 0.717) is 25.8 Å². The van der Waals surface area contributed by atoms with Gasteiger partial charge in [-0.1, -0.05) is 50.2 Å². The van der Waals surface area contributed by atoms with Crippen LogP contribution in [0.4, 0.5) is 0 Å². The van der Waals surface area contributed by atoms with Gasteiger partial charge < -0.3 is 15.0 Å². The van der Waals surface area contributed by atoms with Gasteiger partial charge in [-0.2, -0.15) is 0 Å². The van der Waals surface area contributed by atoms with Gasteiger partial charge in [-0.05, 0) is 68.9 Å². The summed E-state index contributed by atoms with van der Waals surface area (Å²) in [6, 6.07) is 15.5. The number of carbonyl (C=O) groups is 2. The van der Waals surface area contributed by atoms with Crippen molar-refractivity contribution in [2.45, 2.75) is 78.4 Å². The molecule has 2 rings (SSSR count). The summed E-state index contributed by atoms with van der Waals surface area (Å²) in [5.41, 5.74) is 2.98. The molecule has 0 aliphatic rings. The van der Waals surface area contributed by atoms with Gasteiger partial charge in [0, 0.05) is 18.5 Å². The highest BCUT2D eigenvalue weighted by Crippen LogP contribution is 2.19. The van der Waals surface area contributed by atoms with E-state index in [1.54, 1.807) is 12.0 Å². The van der Waals surface area contributed by atoms with E-state index in [9.17, 15) is 9.59 Å². The maximum atomic E-state index is 13.4. The Bertz CT molecular complexity index is 885. The molecule has 0 aliphatic heterocycles. The average molecular weight is 439 g/mol. The van der Waals surface area contributed by atoms with Crippen molar-refractivity contribution in [3.8, 4) is 5.75 Å². The Kier molecular flexibility index (Phi) is 9.30. The van der Waals surface area contributed by atoms with E-state index in [1.165, 1.54) is 5.56 Å². The van der Waals surface area contributed by atoms with Crippen LogP contribution in [-0.2, 0) is 29.0 Å². The van der Waals surface area contributed by atoms with Gasteiger partial charge in [0.2, 0.25) is 11.8 Å². The van der Waals surface area contributed by atoms with Crippen LogP contribution in [0.5, 0.6) is 5.75 Å². The zero-order valence-corrected chi connectivity index (χ0v) is 20.4. The van der Waals surface area contributed by atoms with Crippen molar-refractivity contribution in [3.63, 3.8) is 0 Å². The van der Waals surface area contributed by atoms with Gasteiger partial charge >= 0.3 is 0 Å². The van der Waals surface area contributed by atoms with E-state index in [4.69, 9.17) is 4.74 Å².